The average molecular weight is 253 g/mol. The number of benzene rings is 1. The van der Waals surface area contributed by atoms with Gasteiger partial charge in [-0.15, -0.1) is 0 Å². The van der Waals surface area contributed by atoms with Gasteiger partial charge in [0.15, 0.2) is 0 Å². The lowest BCUT2D eigenvalue weighted by atomic mass is 9.99. The van der Waals surface area contributed by atoms with Gasteiger partial charge < -0.3 is 10.2 Å². The molecule has 0 bridgehead atoms. The summed E-state index contributed by atoms with van der Waals surface area (Å²) in [7, 11) is 0. The highest BCUT2D eigenvalue weighted by Crippen LogP contribution is 2.20. The lowest BCUT2D eigenvalue weighted by Crippen LogP contribution is -2.06. The maximum absolute atomic E-state index is 10.7. The first-order valence-electron chi connectivity index (χ1n) is 5.10. The van der Waals surface area contributed by atoms with Gasteiger partial charge in [0.2, 0.25) is 0 Å². The summed E-state index contributed by atoms with van der Waals surface area (Å²) >= 11 is 0. The van der Waals surface area contributed by atoms with Gasteiger partial charge in [-0.05, 0) is 17.5 Å². The van der Waals surface area contributed by atoms with Crippen LogP contribution in [0.1, 0.15) is 17.5 Å². The predicted molar refractivity (Wildman–Crippen MR) is 60.4 cm³/mol. The largest absolute Gasteiger partial charge is 0.481 e. The number of rotatable bonds is 6. The minimum atomic E-state index is -1.12. The van der Waals surface area contributed by atoms with E-state index in [4.69, 9.17) is 10.2 Å². The van der Waals surface area contributed by atoms with E-state index in [1.807, 2.05) is 0 Å². The van der Waals surface area contributed by atoms with E-state index in [1.165, 1.54) is 18.2 Å². The molecule has 7 heteroatoms. The normalized spacial score (nSPS) is 10.0. The van der Waals surface area contributed by atoms with Crippen LogP contribution in [-0.4, -0.2) is 27.1 Å². The second-order valence-electron chi connectivity index (χ2n) is 3.67. The molecule has 0 aromatic heterocycles. The van der Waals surface area contributed by atoms with Crippen LogP contribution in [0.2, 0.25) is 0 Å². The quantitative estimate of drug-likeness (QED) is 0.581. The Morgan fingerprint density at radius 3 is 2.33 bits per heavy atom. The minimum Gasteiger partial charge on any atom is -0.481 e. The third-order valence-corrected chi connectivity index (χ3v) is 2.35. The molecule has 0 aliphatic rings. The molecule has 0 unspecified atom stereocenters. The van der Waals surface area contributed by atoms with Crippen LogP contribution in [0.3, 0.4) is 0 Å². The molecule has 0 aliphatic carbocycles. The number of non-ortho nitro benzene ring substituents is 1. The van der Waals surface area contributed by atoms with Crippen molar-refractivity contribution in [3.05, 3.63) is 39.4 Å². The summed E-state index contributed by atoms with van der Waals surface area (Å²) in [6, 6.07) is 3.81. The molecule has 1 aromatic carbocycles. The van der Waals surface area contributed by atoms with Crippen molar-refractivity contribution >= 4 is 17.6 Å². The zero-order chi connectivity index (χ0) is 13.7. The molecule has 0 saturated heterocycles. The number of nitro groups is 1. The van der Waals surface area contributed by atoms with Gasteiger partial charge in [-0.3, -0.25) is 19.7 Å². The van der Waals surface area contributed by atoms with Crippen molar-refractivity contribution in [2.75, 3.05) is 0 Å². The van der Waals surface area contributed by atoms with Gasteiger partial charge in [-0.2, -0.15) is 0 Å². The minimum absolute atomic E-state index is 0.148. The molecule has 1 rings (SSSR count). The SMILES string of the molecule is O=C(O)CCc1ccc([N+](=O)[O-])cc1CC(=O)O. The van der Waals surface area contributed by atoms with Crippen LogP contribution >= 0.6 is 0 Å². The van der Waals surface area contributed by atoms with E-state index in [0.29, 0.717) is 5.56 Å². The van der Waals surface area contributed by atoms with Gasteiger partial charge in [0, 0.05) is 18.6 Å². The van der Waals surface area contributed by atoms with E-state index in [1.54, 1.807) is 0 Å². The summed E-state index contributed by atoms with van der Waals surface area (Å²) in [5.74, 6) is -2.12. The number of nitrogens with zero attached hydrogens (tertiary/aromatic N) is 1. The molecule has 2 N–H and O–H groups in total. The molecule has 0 aliphatic heterocycles. The summed E-state index contributed by atoms with van der Waals surface area (Å²) in [6.07, 6.45) is -0.364. The van der Waals surface area contributed by atoms with Gasteiger partial charge in [-0.25, -0.2) is 0 Å². The third kappa shape index (κ3) is 3.85. The summed E-state index contributed by atoms with van der Waals surface area (Å²) in [4.78, 5) is 31.1. The molecule has 1 aromatic rings. The average Bonchev–Trinajstić information content (AvgIpc) is 2.26. The maximum Gasteiger partial charge on any atom is 0.307 e. The standard InChI is InChI=1S/C11H11NO6/c13-10(14)4-2-7-1-3-9(12(17)18)5-8(7)6-11(15)16/h1,3,5H,2,4,6H2,(H,13,14)(H,15,16). The topological polar surface area (TPSA) is 118 Å². The Morgan fingerprint density at radius 2 is 1.83 bits per heavy atom. The van der Waals surface area contributed by atoms with Crippen molar-refractivity contribution in [1.82, 2.24) is 0 Å². The van der Waals surface area contributed by atoms with Gasteiger partial charge in [0.25, 0.3) is 5.69 Å². The highest BCUT2D eigenvalue weighted by atomic mass is 16.6. The van der Waals surface area contributed by atoms with E-state index >= 15 is 0 Å². The molecule has 0 atom stereocenters. The van der Waals surface area contributed by atoms with Crippen molar-refractivity contribution in [2.24, 2.45) is 0 Å². The highest BCUT2D eigenvalue weighted by molar-refractivity contribution is 5.71. The molecule has 0 saturated carbocycles. The summed E-state index contributed by atoms with van der Waals surface area (Å²) in [5.41, 5.74) is 0.577. The molecule has 7 nitrogen and oxygen atoms in total. The van der Waals surface area contributed by atoms with Gasteiger partial charge in [0.05, 0.1) is 11.3 Å². The zero-order valence-electron chi connectivity index (χ0n) is 9.33. The molecular formula is C11H11NO6. The van der Waals surface area contributed by atoms with Gasteiger partial charge in [-0.1, -0.05) is 6.07 Å². The van der Waals surface area contributed by atoms with Gasteiger partial charge >= 0.3 is 11.9 Å². The number of carbonyl (C=O) groups is 2. The van der Waals surface area contributed by atoms with Crippen molar-refractivity contribution in [3.63, 3.8) is 0 Å². The first-order valence-corrected chi connectivity index (χ1v) is 5.10. The van der Waals surface area contributed by atoms with Crippen LogP contribution in [0.25, 0.3) is 0 Å². The number of aliphatic carboxylic acids is 2. The van der Waals surface area contributed by atoms with Crippen LogP contribution in [-0.2, 0) is 22.4 Å². The highest BCUT2D eigenvalue weighted by Gasteiger charge is 2.13. The summed E-state index contributed by atoms with van der Waals surface area (Å²) in [5, 5.41) is 27.9. The van der Waals surface area contributed by atoms with E-state index in [0.717, 1.165) is 0 Å². The summed E-state index contributed by atoms with van der Waals surface area (Å²) < 4.78 is 0. The molecular weight excluding hydrogens is 242 g/mol. The Hall–Kier alpha value is -2.44. The maximum atomic E-state index is 10.7. The fraction of sp³-hybridized carbons (Fsp3) is 0.273. The van der Waals surface area contributed by atoms with Crippen LogP contribution in [0.5, 0.6) is 0 Å². The molecule has 18 heavy (non-hydrogen) atoms. The van der Waals surface area contributed by atoms with E-state index in [9.17, 15) is 19.7 Å². The monoisotopic (exact) mass is 253 g/mol. The Morgan fingerprint density at radius 1 is 1.17 bits per heavy atom. The van der Waals surface area contributed by atoms with Crippen molar-refractivity contribution in [1.29, 1.82) is 0 Å². The third-order valence-electron chi connectivity index (χ3n) is 2.35. The fourth-order valence-electron chi connectivity index (χ4n) is 1.54. The Bertz CT molecular complexity index is 496. The number of carboxylic acids is 2. The Balaban J connectivity index is 3.03. The van der Waals surface area contributed by atoms with Crippen LogP contribution in [0, 0.1) is 10.1 Å². The van der Waals surface area contributed by atoms with E-state index in [2.05, 4.69) is 0 Å². The number of hydrogen-bond donors (Lipinski definition) is 2. The Kier molecular flexibility index (Phi) is 4.36. The molecule has 0 heterocycles. The second kappa shape index (κ2) is 5.76. The first kappa shape index (κ1) is 13.6. The molecule has 0 fully saturated rings. The zero-order valence-corrected chi connectivity index (χ0v) is 9.33. The molecule has 96 valence electrons. The first-order chi connectivity index (χ1) is 8.40. The Labute approximate surface area is 102 Å². The van der Waals surface area contributed by atoms with Crippen molar-refractivity contribution in [3.8, 4) is 0 Å². The number of nitro benzene ring substituents is 1. The van der Waals surface area contributed by atoms with Crippen LogP contribution in [0.4, 0.5) is 5.69 Å². The lowest BCUT2D eigenvalue weighted by molar-refractivity contribution is -0.384. The lowest BCUT2D eigenvalue weighted by Gasteiger charge is -2.06. The predicted octanol–water partition coefficient (Wildman–Crippen LogP) is 1.24. The second-order valence-corrected chi connectivity index (χ2v) is 3.67. The summed E-state index contributed by atoms with van der Waals surface area (Å²) in [6.45, 7) is 0. The smallest absolute Gasteiger partial charge is 0.307 e. The molecule has 0 radical (unpaired) electrons. The van der Waals surface area contributed by atoms with Crippen molar-refractivity contribution < 1.29 is 24.7 Å². The van der Waals surface area contributed by atoms with Crippen LogP contribution in [0.15, 0.2) is 18.2 Å². The molecule has 0 amide bonds. The van der Waals surface area contributed by atoms with E-state index < -0.39 is 16.9 Å². The number of aryl methyl sites for hydroxylation is 1. The van der Waals surface area contributed by atoms with E-state index in [-0.39, 0.29) is 30.5 Å². The molecule has 0 spiro atoms. The number of hydrogen-bond acceptors (Lipinski definition) is 4. The van der Waals surface area contributed by atoms with Crippen LogP contribution < -0.4 is 0 Å². The number of carboxylic acid groups (broad SMARTS) is 2. The van der Waals surface area contributed by atoms with Gasteiger partial charge in [0.1, 0.15) is 0 Å². The fourth-order valence-corrected chi connectivity index (χ4v) is 1.54. The van der Waals surface area contributed by atoms with Crippen molar-refractivity contribution in [2.45, 2.75) is 19.3 Å².